The van der Waals surface area contributed by atoms with Gasteiger partial charge in [-0.3, -0.25) is 9.52 Å². The third-order valence-corrected chi connectivity index (χ3v) is 10.6. The van der Waals surface area contributed by atoms with Crippen molar-refractivity contribution in [3.8, 4) is 5.75 Å². The number of urea groups is 1. The van der Waals surface area contributed by atoms with E-state index in [1.807, 2.05) is 13.8 Å². The van der Waals surface area contributed by atoms with E-state index in [0.29, 0.717) is 25.3 Å². The van der Waals surface area contributed by atoms with Crippen molar-refractivity contribution in [3.63, 3.8) is 0 Å². The van der Waals surface area contributed by atoms with E-state index in [-0.39, 0.29) is 53.4 Å². The van der Waals surface area contributed by atoms with Crippen LogP contribution in [0.5, 0.6) is 5.75 Å². The molecule has 0 bridgehead atoms. The lowest BCUT2D eigenvalue weighted by Gasteiger charge is -2.36. The van der Waals surface area contributed by atoms with E-state index in [1.54, 1.807) is 29.8 Å². The number of nitrogens with zero attached hydrogens (tertiary/aromatic N) is 2. The van der Waals surface area contributed by atoms with Gasteiger partial charge in [-0.25, -0.2) is 17.6 Å². The second-order valence-electron chi connectivity index (χ2n) is 13.2. The molecule has 1 heterocycles. The van der Waals surface area contributed by atoms with Gasteiger partial charge in [-0.2, -0.15) is 0 Å². The highest BCUT2D eigenvalue weighted by Crippen LogP contribution is 2.30. The molecular weight excluding hydrogens is 639 g/mol. The van der Waals surface area contributed by atoms with Gasteiger partial charge < -0.3 is 29.7 Å². The van der Waals surface area contributed by atoms with Crippen LogP contribution in [-0.4, -0.2) is 92.9 Å². The molecule has 0 unspecified atom stereocenters. The summed E-state index contributed by atoms with van der Waals surface area (Å²) < 4.78 is 54.7. The lowest BCUT2D eigenvalue weighted by atomic mass is 9.96. The molecule has 0 aromatic heterocycles. The molecule has 48 heavy (non-hydrogen) atoms. The van der Waals surface area contributed by atoms with Crippen LogP contribution in [0, 0.1) is 11.7 Å². The molecule has 2 aliphatic rings. The smallest absolute Gasteiger partial charge is 0.317 e. The van der Waals surface area contributed by atoms with Crippen LogP contribution in [0.4, 0.5) is 14.9 Å². The molecule has 3 N–H and O–H groups in total. The first-order chi connectivity index (χ1) is 22.9. The number of halogens is 1. The van der Waals surface area contributed by atoms with Gasteiger partial charge in [0.05, 0.1) is 35.3 Å². The number of fused-ring (bicyclic) bond motifs is 1. The molecule has 2 aromatic rings. The Labute approximate surface area is 284 Å². The topological polar surface area (TPSA) is 138 Å². The van der Waals surface area contributed by atoms with E-state index in [4.69, 9.17) is 9.47 Å². The highest BCUT2D eigenvalue weighted by molar-refractivity contribution is 7.92. The summed E-state index contributed by atoms with van der Waals surface area (Å²) in [5, 5.41) is 13.4. The monoisotopic (exact) mass is 690 g/mol. The number of hydrogen-bond acceptors (Lipinski definition) is 7. The van der Waals surface area contributed by atoms with Crippen LogP contribution < -0.4 is 14.8 Å². The summed E-state index contributed by atoms with van der Waals surface area (Å²) in [7, 11) is -2.34. The van der Waals surface area contributed by atoms with Crippen LogP contribution in [0.3, 0.4) is 0 Å². The average Bonchev–Trinajstić information content (AvgIpc) is 3.06. The summed E-state index contributed by atoms with van der Waals surface area (Å²) in [6, 6.07) is 8.38. The Hall–Kier alpha value is -3.42. The van der Waals surface area contributed by atoms with E-state index >= 15 is 0 Å². The third kappa shape index (κ3) is 10.3. The van der Waals surface area contributed by atoms with Gasteiger partial charge in [0.1, 0.15) is 11.6 Å². The highest BCUT2D eigenvalue weighted by atomic mass is 32.2. The molecule has 1 aliphatic carbocycles. The summed E-state index contributed by atoms with van der Waals surface area (Å²) in [6.07, 6.45) is 7.00. The number of carbonyl (C=O) groups excluding carboxylic acids is 2. The number of likely N-dealkylation sites (N-methyl/N-ethyl adjacent to an activating group) is 1. The number of aliphatic hydroxyl groups is 1. The van der Waals surface area contributed by atoms with Crippen molar-refractivity contribution in [2.75, 3.05) is 38.1 Å². The van der Waals surface area contributed by atoms with Gasteiger partial charge in [-0.1, -0.05) is 26.2 Å². The predicted molar refractivity (Wildman–Crippen MR) is 182 cm³/mol. The molecule has 1 saturated carbocycles. The van der Waals surface area contributed by atoms with E-state index < -0.39 is 33.9 Å². The van der Waals surface area contributed by atoms with Crippen molar-refractivity contribution in [1.29, 1.82) is 0 Å². The average molecular weight is 691 g/mol. The minimum absolute atomic E-state index is 0.125. The summed E-state index contributed by atoms with van der Waals surface area (Å²) in [4.78, 5) is 30.5. The highest BCUT2D eigenvalue weighted by Gasteiger charge is 2.31. The molecule has 1 fully saturated rings. The van der Waals surface area contributed by atoms with Gasteiger partial charge in [-0.05, 0) is 88.4 Å². The fourth-order valence-electron chi connectivity index (χ4n) is 6.16. The summed E-state index contributed by atoms with van der Waals surface area (Å²) in [5.41, 5.74) is 0.257. The Kier molecular flexibility index (Phi) is 13.5. The van der Waals surface area contributed by atoms with Crippen molar-refractivity contribution in [2.45, 2.75) is 101 Å². The molecule has 1 aliphatic heterocycles. The largest absolute Gasteiger partial charge is 0.490 e. The van der Waals surface area contributed by atoms with Crippen molar-refractivity contribution in [2.24, 2.45) is 5.92 Å². The molecule has 4 rings (SSSR count). The van der Waals surface area contributed by atoms with Gasteiger partial charge in [0, 0.05) is 44.4 Å². The molecule has 11 nitrogen and oxygen atoms in total. The van der Waals surface area contributed by atoms with E-state index in [0.717, 1.165) is 62.8 Å². The van der Waals surface area contributed by atoms with E-state index in [1.165, 1.54) is 18.6 Å². The molecule has 0 radical (unpaired) electrons. The number of carbonyl (C=O) groups is 2. The quantitative estimate of drug-likeness (QED) is 0.338. The second kappa shape index (κ2) is 17.3. The first-order valence-corrected chi connectivity index (χ1v) is 18.5. The number of hydrogen-bond donors (Lipinski definition) is 3. The van der Waals surface area contributed by atoms with Crippen LogP contribution in [0.2, 0.25) is 0 Å². The molecule has 0 spiro atoms. The zero-order valence-corrected chi connectivity index (χ0v) is 29.3. The number of ether oxygens (including phenoxy) is 2. The molecule has 0 saturated heterocycles. The summed E-state index contributed by atoms with van der Waals surface area (Å²) >= 11 is 0. The van der Waals surface area contributed by atoms with Crippen molar-refractivity contribution in [1.82, 2.24) is 15.1 Å². The van der Waals surface area contributed by atoms with Crippen molar-refractivity contribution < 1.29 is 37.0 Å². The van der Waals surface area contributed by atoms with Crippen LogP contribution in [0.15, 0.2) is 47.4 Å². The molecule has 2 aromatic carbocycles. The fraction of sp³-hybridized carbons (Fsp3) is 0.600. The third-order valence-electron chi connectivity index (χ3n) is 9.16. The lowest BCUT2D eigenvalue weighted by molar-refractivity contribution is -0.0123. The van der Waals surface area contributed by atoms with Gasteiger partial charge in [0.15, 0.2) is 0 Å². The normalized spacial score (nSPS) is 22.5. The standard InChI is InChI=1S/C35H51FN4O7S/c1-24-21-40(25(2)23-41)34(42)31-20-29(38-48(44,45)30-16-13-27(36)14-17-30)15-18-32(31)47-26(3)10-8-9-19-46-33(24)22-39(4)35(43)37-28-11-6-5-7-12-28/h13-18,20,24-26,28,33,38,41H,5-12,19,21-23H2,1-4H3,(H,37,43)/t24-,25-,26-,33+/m1/s1. The first-order valence-electron chi connectivity index (χ1n) is 17.0. The summed E-state index contributed by atoms with van der Waals surface area (Å²) in [6.45, 7) is 6.29. The first kappa shape index (κ1) is 37.4. The zero-order chi connectivity index (χ0) is 34.8. The Morgan fingerprint density at radius 2 is 1.75 bits per heavy atom. The minimum Gasteiger partial charge on any atom is -0.490 e. The Balaban J connectivity index is 1.61. The van der Waals surface area contributed by atoms with E-state index in [2.05, 4.69) is 10.0 Å². The number of nitrogens with one attached hydrogen (secondary N) is 2. The van der Waals surface area contributed by atoms with Gasteiger partial charge in [0.25, 0.3) is 15.9 Å². The maximum Gasteiger partial charge on any atom is 0.317 e. The summed E-state index contributed by atoms with van der Waals surface area (Å²) in [5.74, 6) is -0.956. The SMILES string of the molecule is C[C@@H]1CCCCO[C@@H](CN(C)C(=O)NC2CCCCC2)[C@H](C)CN([C@H](C)CO)C(=O)c2cc(NS(=O)(=O)c3ccc(F)cc3)ccc2O1. The number of amides is 3. The number of benzene rings is 2. The number of sulfonamides is 1. The Morgan fingerprint density at radius 3 is 2.44 bits per heavy atom. The minimum atomic E-state index is -4.09. The van der Waals surface area contributed by atoms with Crippen molar-refractivity contribution >= 4 is 27.6 Å². The predicted octanol–water partition coefficient (Wildman–Crippen LogP) is 5.40. The molecular formula is C35H51FN4O7S. The number of rotatable bonds is 8. The molecule has 13 heteroatoms. The van der Waals surface area contributed by atoms with Crippen LogP contribution >= 0.6 is 0 Å². The maximum absolute atomic E-state index is 14.3. The van der Waals surface area contributed by atoms with Crippen LogP contribution in [-0.2, 0) is 14.8 Å². The van der Waals surface area contributed by atoms with Crippen LogP contribution in [0.1, 0.15) is 82.5 Å². The lowest BCUT2D eigenvalue weighted by Crippen LogP contribution is -2.50. The second-order valence-corrected chi connectivity index (χ2v) is 14.9. The number of anilines is 1. The zero-order valence-electron chi connectivity index (χ0n) is 28.5. The van der Waals surface area contributed by atoms with Crippen LogP contribution in [0.25, 0.3) is 0 Å². The van der Waals surface area contributed by atoms with E-state index in [9.17, 15) is 27.5 Å². The van der Waals surface area contributed by atoms with Crippen molar-refractivity contribution in [3.05, 3.63) is 53.8 Å². The molecule has 266 valence electrons. The Morgan fingerprint density at radius 1 is 1.06 bits per heavy atom. The number of aliphatic hydroxyl groups excluding tert-OH is 1. The fourth-order valence-corrected chi connectivity index (χ4v) is 7.21. The molecule has 4 atom stereocenters. The molecule has 3 amide bonds. The Bertz CT molecular complexity index is 1470. The van der Waals surface area contributed by atoms with Gasteiger partial charge >= 0.3 is 6.03 Å². The maximum atomic E-state index is 14.3. The van der Waals surface area contributed by atoms with Gasteiger partial charge in [-0.15, -0.1) is 0 Å². The van der Waals surface area contributed by atoms with Gasteiger partial charge in [0.2, 0.25) is 0 Å².